The molecule has 0 rings (SSSR count). The average Bonchev–Trinajstić information content (AvgIpc) is 2.15. The van der Waals surface area contributed by atoms with Crippen molar-refractivity contribution < 1.29 is 0 Å². The molecule has 1 nitrogen and oxygen atoms in total. The summed E-state index contributed by atoms with van der Waals surface area (Å²) in [5.41, 5.74) is 0.269. The molecule has 0 aliphatic carbocycles. The van der Waals surface area contributed by atoms with Gasteiger partial charge in [-0.25, -0.2) is 0 Å². The maximum absolute atomic E-state index is 3.61. The molecule has 0 bridgehead atoms. The molecule has 0 saturated heterocycles. The second-order valence-electron chi connectivity index (χ2n) is 5.24. The summed E-state index contributed by atoms with van der Waals surface area (Å²) in [6.07, 6.45) is 4.06. The summed E-state index contributed by atoms with van der Waals surface area (Å²) >= 11 is 2.06. The Balaban J connectivity index is 3.55. The maximum atomic E-state index is 3.61. The second-order valence-corrected chi connectivity index (χ2v) is 6.64. The van der Waals surface area contributed by atoms with Gasteiger partial charge in [0.05, 0.1) is 0 Å². The molecule has 0 heterocycles. The summed E-state index contributed by atoms with van der Waals surface area (Å²) in [5, 5.41) is 3.61. The smallest absolute Gasteiger partial charge is 0.00966 e. The lowest BCUT2D eigenvalue weighted by atomic mass is 9.99. The van der Waals surface area contributed by atoms with E-state index in [2.05, 4.69) is 51.7 Å². The molecular formula is C13H29NS. The van der Waals surface area contributed by atoms with E-state index in [1.54, 1.807) is 0 Å². The molecule has 92 valence electrons. The van der Waals surface area contributed by atoms with Crippen molar-refractivity contribution in [3.63, 3.8) is 0 Å². The third-order valence-corrected chi connectivity index (χ3v) is 3.59. The van der Waals surface area contributed by atoms with Crippen LogP contribution in [-0.2, 0) is 0 Å². The fraction of sp³-hybridized carbons (Fsp3) is 1.00. The molecule has 1 atom stereocenters. The molecule has 0 saturated carbocycles. The second kappa shape index (κ2) is 8.46. The van der Waals surface area contributed by atoms with Crippen molar-refractivity contribution in [3.8, 4) is 0 Å². The van der Waals surface area contributed by atoms with E-state index in [-0.39, 0.29) is 5.54 Å². The van der Waals surface area contributed by atoms with E-state index in [0.29, 0.717) is 0 Å². The van der Waals surface area contributed by atoms with Gasteiger partial charge in [0.1, 0.15) is 0 Å². The Morgan fingerprint density at radius 1 is 1.20 bits per heavy atom. The zero-order valence-electron chi connectivity index (χ0n) is 11.2. The predicted molar refractivity (Wildman–Crippen MR) is 73.8 cm³/mol. The fourth-order valence-electron chi connectivity index (χ4n) is 1.52. The molecule has 0 amide bonds. The first-order valence-electron chi connectivity index (χ1n) is 6.32. The SMILES string of the molecule is CCSCCCC(CC)CNC(C)(C)C. The number of nitrogens with one attached hydrogen (secondary N) is 1. The Kier molecular flexibility index (Phi) is 8.64. The molecule has 0 aliphatic rings. The monoisotopic (exact) mass is 231 g/mol. The van der Waals surface area contributed by atoms with Gasteiger partial charge in [-0.3, -0.25) is 0 Å². The third-order valence-electron chi connectivity index (χ3n) is 2.60. The van der Waals surface area contributed by atoms with Gasteiger partial charge in [-0.2, -0.15) is 11.8 Å². The van der Waals surface area contributed by atoms with E-state index in [1.165, 1.54) is 37.3 Å². The molecular weight excluding hydrogens is 202 g/mol. The Morgan fingerprint density at radius 2 is 1.87 bits per heavy atom. The lowest BCUT2D eigenvalue weighted by Crippen LogP contribution is -2.39. The minimum absolute atomic E-state index is 0.269. The summed E-state index contributed by atoms with van der Waals surface area (Å²) in [6, 6.07) is 0. The van der Waals surface area contributed by atoms with Crippen molar-refractivity contribution in [2.45, 2.75) is 59.4 Å². The normalized spacial score (nSPS) is 14.2. The minimum atomic E-state index is 0.269. The van der Waals surface area contributed by atoms with E-state index < -0.39 is 0 Å². The van der Waals surface area contributed by atoms with Crippen molar-refractivity contribution in [2.75, 3.05) is 18.1 Å². The van der Waals surface area contributed by atoms with E-state index >= 15 is 0 Å². The Hall–Kier alpha value is 0.310. The van der Waals surface area contributed by atoms with Gasteiger partial charge < -0.3 is 5.32 Å². The highest BCUT2D eigenvalue weighted by Crippen LogP contribution is 2.14. The number of thioether (sulfide) groups is 1. The maximum Gasteiger partial charge on any atom is 0.00966 e. The Labute approximate surface area is 101 Å². The van der Waals surface area contributed by atoms with Gasteiger partial charge >= 0.3 is 0 Å². The molecule has 0 aliphatic heterocycles. The summed E-state index contributed by atoms with van der Waals surface area (Å²) in [6.45, 7) is 12.5. The Morgan fingerprint density at radius 3 is 2.33 bits per heavy atom. The highest BCUT2D eigenvalue weighted by molar-refractivity contribution is 7.99. The number of hydrogen-bond acceptors (Lipinski definition) is 2. The van der Waals surface area contributed by atoms with Crippen LogP contribution >= 0.6 is 11.8 Å². The van der Waals surface area contributed by atoms with Gasteiger partial charge in [0.2, 0.25) is 0 Å². The van der Waals surface area contributed by atoms with Gasteiger partial charge in [0.15, 0.2) is 0 Å². The summed E-state index contributed by atoms with van der Waals surface area (Å²) < 4.78 is 0. The molecule has 0 radical (unpaired) electrons. The zero-order chi connectivity index (χ0) is 11.7. The van der Waals surface area contributed by atoms with Crippen LogP contribution in [0.5, 0.6) is 0 Å². The topological polar surface area (TPSA) is 12.0 Å². The van der Waals surface area contributed by atoms with Crippen LogP contribution in [0.2, 0.25) is 0 Å². The standard InChI is InChI=1S/C13H29NS/c1-6-12(9-8-10-15-7-2)11-14-13(3,4)5/h12,14H,6-11H2,1-5H3. The van der Waals surface area contributed by atoms with E-state index in [1.807, 2.05) is 0 Å². The van der Waals surface area contributed by atoms with Crippen LogP contribution < -0.4 is 5.32 Å². The molecule has 1 N–H and O–H groups in total. The summed E-state index contributed by atoms with van der Waals surface area (Å²) in [5.74, 6) is 3.46. The zero-order valence-corrected chi connectivity index (χ0v) is 12.0. The van der Waals surface area contributed by atoms with Crippen LogP contribution in [0, 0.1) is 5.92 Å². The van der Waals surface area contributed by atoms with Crippen LogP contribution in [0.1, 0.15) is 53.9 Å². The summed E-state index contributed by atoms with van der Waals surface area (Å²) in [7, 11) is 0. The lowest BCUT2D eigenvalue weighted by Gasteiger charge is -2.24. The first-order chi connectivity index (χ1) is 6.99. The molecule has 0 fully saturated rings. The van der Waals surface area contributed by atoms with Crippen LogP contribution in [0.25, 0.3) is 0 Å². The van der Waals surface area contributed by atoms with Crippen LogP contribution in [-0.4, -0.2) is 23.6 Å². The van der Waals surface area contributed by atoms with Gasteiger partial charge in [-0.05, 0) is 57.6 Å². The first-order valence-corrected chi connectivity index (χ1v) is 7.47. The number of hydrogen-bond donors (Lipinski definition) is 1. The van der Waals surface area contributed by atoms with Crippen molar-refractivity contribution in [1.29, 1.82) is 0 Å². The lowest BCUT2D eigenvalue weighted by molar-refractivity contribution is 0.351. The fourth-order valence-corrected chi connectivity index (χ4v) is 2.18. The van der Waals surface area contributed by atoms with Gasteiger partial charge in [0, 0.05) is 5.54 Å². The molecule has 0 aromatic heterocycles. The molecule has 0 spiro atoms. The van der Waals surface area contributed by atoms with Gasteiger partial charge in [-0.15, -0.1) is 0 Å². The molecule has 15 heavy (non-hydrogen) atoms. The first kappa shape index (κ1) is 15.3. The molecule has 0 aromatic carbocycles. The third kappa shape index (κ3) is 10.6. The van der Waals surface area contributed by atoms with Gasteiger partial charge in [-0.1, -0.05) is 20.3 Å². The highest BCUT2D eigenvalue weighted by Gasteiger charge is 2.12. The minimum Gasteiger partial charge on any atom is -0.312 e. The van der Waals surface area contributed by atoms with Gasteiger partial charge in [0.25, 0.3) is 0 Å². The van der Waals surface area contributed by atoms with E-state index in [0.717, 1.165) is 5.92 Å². The Bertz CT molecular complexity index is 140. The van der Waals surface area contributed by atoms with Crippen molar-refractivity contribution in [1.82, 2.24) is 5.32 Å². The van der Waals surface area contributed by atoms with Crippen LogP contribution in [0.15, 0.2) is 0 Å². The molecule has 0 aromatic rings. The van der Waals surface area contributed by atoms with E-state index in [4.69, 9.17) is 0 Å². The van der Waals surface area contributed by atoms with Crippen molar-refractivity contribution in [3.05, 3.63) is 0 Å². The largest absolute Gasteiger partial charge is 0.312 e. The number of rotatable bonds is 8. The van der Waals surface area contributed by atoms with Crippen LogP contribution in [0.3, 0.4) is 0 Å². The predicted octanol–water partition coefficient (Wildman–Crippen LogP) is 3.93. The average molecular weight is 231 g/mol. The van der Waals surface area contributed by atoms with Crippen molar-refractivity contribution >= 4 is 11.8 Å². The highest BCUT2D eigenvalue weighted by atomic mass is 32.2. The quantitative estimate of drug-likeness (QED) is 0.635. The van der Waals surface area contributed by atoms with Crippen molar-refractivity contribution in [2.24, 2.45) is 5.92 Å². The van der Waals surface area contributed by atoms with E-state index in [9.17, 15) is 0 Å². The molecule has 1 unspecified atom stereocenters. The molecule has 2 heteroatoms. The van der Waals surface area contributed by atoms with Crippen LogP contribution in [0.4, 0.5) is 0 Å². The summed E-state index contributed by atoms with van der Waals surface area (Å²) in [4.78, 5) is 0.